The van der Waals surface area contributed by atoms with Crippen molar-refractivity contribution in [2.75, 3.05) is 39.5 Å². The fourth-order valence-corrected chi connectivity index (χ4v) is 4.47. The molecule has 0 aliphatic rings. The molecule has 5 N–H and O–H groups in total. The topological polar surface area (TPSA) is 199 Å². The summed E-state index contributed by atoms with van der Waals surface area (Å²) in [5.74, 6) is -2.57. The van der Waals surface area contributed by atoms with Gasteiger partial charge in [-0.15, -0.1) is 0 Å². The SMILES string of the molecule is CC(C)(CCNC(=O)c1cc(OCCNC(=O)OCc2ccccc2)cc(C(=O)NCCC(C)(C)OCC(C)(C)C(=O)O)c1)OCCC(C)(C)C(=O)O. The van der Waals surface area contributed by atoms with Gasteiger partial charge in [0.1, 0.15) is 19.0 Å². The third-order valence-corrected chi connectivity index (χ3v) is 8.51. The number of rotatable bonds is 23. The van der Waals surface area contributed by atoms with Crippen molar-refractivity contribution in [1.29, 1.82) is 0 Å². The van der Waals surface area contributed by atoms with Gasteiger partial charge < -0.3 is 45.1 Å². The number of carboxylic acids is 2. The highest BCUT2D eigenvalue weighted by Crippen LogP contribution is 2.24. The zero-order valence-corrected chi connectivity index (χ0v) is 32.3. The Kier molecular flexibility index (Phi) is 16.7. The van der Waals surface area contributed by atoms with Gasteiger partial charge in [0.2, 0.25) is 0 Å². The van der Waals surface area contributed by atoms with Crippen LogP contribution in [-0.2, 0) is 30.4 Å². The zero-order chi connectivity index (χ0) is 39.9. The molecule has 0 aliphatic carbocycles. The monoisotopic (exact) mass is 743 g/mol. The molecule has 0 heterocycles. The average molecular weight is 744 g/mol. The number of carbonyl (C=O) groups excluding carboxylic acids is 3. The third kappa shape index (κ3) is 16.7. The minimum Gasteiger partial charge on any atom is -0.492 e. The van der Waals surface area contributed by atoms with Crippen LogP contribution in [0.25, 0.3) is 0 Å². The van der Waals surface area contributed by atoms with Crippen LogP contribution in [0.15, 0.2) is 48.5 Å². The predicted octanol–water partition coefficient (Wildman–Crippen LogP) is 5.43. The second-order valence-corrected chi connectivity index (χ2v) is 15.4. The Morgan fingerprint density at radius 2 is 1.15 bits per heavy atom. The molecule has 14 nitrogen and oxygen atoms in total. The highest BCUT2D eigenvalue weighted by atomic mass is 16.5. The van der Waals surface area contributed by atoms with Crippen LogP contribution >= 0.6 is 0 Å². The van der Waals surface area contributed by atoms with Crippen molar-refractivity contribution in [2.45, 2.75) is 92.5 Å². The lowest BCUT2D eigenvalue weighted by atomic mass is 9.90. The fourth-order valence-electron chi connectivity index (χ4n) is 4.47. The summed E-state index contributed by atoms with van der Waals surface area (Å²) in [6.45, 7) is 14.7. The van der Waals surface area contributed by atoms with E-state index < -0.39 is 51.9 Å². The smallest absolute Gasteiger partial charge is 0.407 e. The van der Waals surface area contributed by atoms with E-state index in [-0.39, 0.29) is 62.9 Å². The second kappa shape index (κ2) is 20.0. The van der Waals surface area contributed by atoms with Crippen LogP contribution in [0, 0.1) is 10.8 Å². The van der Waals surface area contributed by atoms with E-state index in [4.69, 9.17) is 18.9 Å². The Hall–Kier alpha value is -4.69. The first-order valence-corrected chi connectivity index (χ1v) is 17.7. The van der Waals surface area contributed by atoms with Crippen LogP contribution in [0.2, 0.25) is 0 Å². The maximum atomic E-state index is 13.3. The molecule has 0 saturated heterocycles. The van der Waals surface area contributed by atoms with Crippen molar-refractivity contribution in [3.05, 3.63) is 65.2 Å². The Balaban J connectivity index is 2.05. The summed E-state index contributed by atoms with van der Waals surface area (Å²) in [5.41, 5.74) is -2.19. The molecule has 0 spiro atoms. The van der Waals surface area contributed by atoms with Gasteiger partial charge in [-0.05, 0) is 98.4 Å². The van der Waals surface area contributed by atoms with Crippen molar-refractivity contribution in [2.24, 2.45) is 10.8 Å². The van der Waals surface area contributed by atoms with Crippen LogP contribution in [0.1, 0.15) is 101 Å². The Bertz CT molecular complexity index is 1540. The van der Waals surface area contributed by atoms with Gasteiger partial charge in [0.05, 0.1) is 35.2 Å². The lowest BCUT2D eigenvalue weighted by molar-refractivity contribution is -0.154. The van der Waals surface area contributed by atoms with E-state index in [0.29, 0.717) is 19.3 Å². The summed E-state index contributed by atoms with van der Waals surface area (Å²) < 4.78 is 22.8. The minimum atomic E-state index is -1.07. The van der Waals surface area contributed by atoms with Crippen molar-refractivity contribution >= 4 is 29.8 Å². The summed E-state index contributed by atoms with van der Waals surface area (Å²) in [5, 5.41) is 27.0. The number of aliphatic carboxylic acids is 2. The quantitative estimate of drug-likeness (QED) is 0.0910. The predicted molar refractivity (Wildman–Crippen MR) is 198 cm³/mol. The second-order valence-electron chi connectivity index (χ2n) is 15.4. The molecule has 0 unspecified atom stereocenters. The largest absolute Gasteiger partial charge is 0.492 e. The molecule has 3 amide bonds. The van der Waals surface area contributed by atoms with E-state index >= 15 is 0 Å². The van der Waals surface area contributed by atoms with Gasteiger partial charge in [-0.1, -0.05) is 30.3 Å². The molecule has 294 valence electrons. The number of nitrogens with one attached hydrogen (secondary N) is 3. The number of hydrogen-bond acceptors (Lipinski definition) is 9. The van der Waals surface area contributed by atoms with Crippen LogP contribution in [0.4, 0.5) is 4.79 Å². The number of alkyl carbamates (subject to hydrolysis) is 1. The van der Waals surface area contributed by atoms with Gasteiger partial charge >= 0.3 is 18.0 Å². The van der Waals surface area contributed by atoms with Crippen molar-refractivity contribution < 1.29 is 53.1 Å². The van der Waals surface area contributed by atoms with Gasteiger partial charge in [-0.2, -0.15) is 0 Å². The van der Waals surface area contributed by atoms with E-state index in [9.17, 15) is 34.2 Å². The van der Waals surface area contributed by atoms with Crippen molar-refractivity contribution in [1.82, 2.24) is 16.0 Å². The third-order valence-electron chi connectivity index (χ3n) is 8.51. The lowest BCUT2D eigenvalue weighted by Gasteiger charge is -2.29. The molecular formula is C39H57N3O11. The molecule has 53 heavy (non-hydrogen) atoms. The summed E-state index contributed by atoms with van der Waals surface area (Å²) >= 11 is 0. The van der Waals surface area contributed by atoms with Gasteiger partial charge in [-0.3, -0.25) is 19.2 Å². The molecule has 0 saturated carbocycles. The van der Waals surface area contributed by atoms with Gasteiger partial charge in [-0.25, -0.2) is 4.79 Å². The van der Waals surface area contributed by atoms with E-state index in [1.807, 2.05) is 58.0 Å². The first-order chi connectivity index (χ1) is 24.6. The minimum absolute atomic E-state index is 0.00699. The molecular weight excluding hydrogens is 686 g/mol. The van der Waals surface area contributed by atoms with E-state index in [1.54, 1.807) is 27.7 Å². The molecule has 0 aromatic heterocycles. The number of ether oxygens (including phenoxy) is 4. The number of carbonyl (C=O) groups is 5. The van der Waals surface area contributed by atoms with Crippen LogP contribution in [0.5, 0.6) is 5.75 Å². The van der Waals surface area contributed by atoms with Gasteiger partial charge in [0.25, 0.3) is 11.8 Å². The normalized spacial score (nSPS) is 12.1. The van der Waals surface area contributed by atoms with E-state index in [2.05, 4.69) is 16.0 Å². The van der Waals surface area contributed by atoms with Crippen LogP contribution < -0.4 is 20.7 Å². The summed E-state index contributed by atoms with van der Waals surface area (Å²) in [7, 11) is 0. The van der Waals surface area contributed by atoms with Crippen LogP contribution in [0.3, 0.4) is 0 Å². The molecule has 2 rings (SSSR count). The maximum Gasteiger partial charge on any atom is 0.407 e. The van der Waals surface area contributed by atoms with Crippen LogP contribution in [-0.4, -0.2) is 90.7 Å². The Morgan fingerprint density at radius 1 is 0.623 bits per heavy atom. The molecule has 0 radical (unpaired) electrons. The van der Waals surface area contributed by atoms with E-state index in [1.165, 1.54) is 18.2 Å². The summed E-state index contributed by atoms with van der Waals surface area (Å²) in [6, 6.07) is 13.7. The molecule has 0 aliphatic heterocycles. The van der Waals surface area contributed by atoms with Gasteiger partial charge in [0, 0.05) is 30.8 Å². The average Bonchev–Trinajstić information content (AvgIpc) is 3.08. The number of carboxylic acid groups (broad SMARTS) is 2. The highest BCUT2D eigenvalue weighted by molar-refractivity contribution is 6.00. The van der Waals surface area contributed by atoms with Crippen molar-refractivity contribution in [3.8, 4) is 5.75 Å². The lowest BCUT2D eigenvalue weighted by Crippen LogP contribution is -2.38. The first kappa shape index (κ1) is 44.5. The Labute approximate surface area is 312 Å². The van der Waals surface area contributed by atoms with E-state index in [0.717, 1.165) is 5.56 Å². The standard InChI is InChI=1S/C39H57N3O11/c1-36(2,33(45)46)16-20-52-38(5,6)14-17-40-31(43)28-22-29(32(44)41-18-15-39(7,8)53-26-37(3,4)34(47)48)24-30(23-28)50-21-19-42-35(49)51-25-27-12-10-9-11-13-27/h9-13,22-24H,14-21,25-26H2,1-8H3,(H,40,43)(H,41,44)(H,42,49)(H,45,46)(H,47,48). The Morgan fingerprint density at radius 3 is 1.68 bits per heavy atom. The molecule has 0 bridgehead atoms. The van der Waals surface area contributed by atoms with Crippen molar-refractivity contribution in [3.63, 3.8) is 0 Å². The molecule has 2 aromatic carbocycles. The first-order valence-electron chi connectivity index (χ1n) is 17.7. The highest BCUT2D eigenvalue weighted by Gasteiger charge is 2.31. The number of hydrogen-bond donors (Lipinski definition) is 5. The fraction of sp³-hybridized carbons (Fsp3) is 0.564. The molecule has 14 heteroatoms. The maximum absolute atomic E-state index is 13.3. The van der Waals surface area contributed by atoms with Gasteiger partial charge in [0.15, 0.2) is 0 Å². The zero-order valence-electron chi connectivity index (χ0n) is 32.3. The summed E-state index contributed by atoms with van der Waals surface area (Å²) in [4.78, 5) is 61.6. The number of amides is 3. The summed E-state index contributed by atoms with van der Waals surface area (Å²) in [6.07, 6.45) is 0.522. The number of benzene rings is 2. The molecule has 0 atom stereocenters. The molecule has 0 fully saturated rings. The molecule has 2 aromatic rings.